The van der Waals surface area contributed by atoms with Gasteiger partial charge in [0.15, 0.2) is 0 Å². The highest BCUT2D eigenvalue weighted by molar-refractivity contribution is 7.51. The van der Waals surface area contributed by atoms with Crippen LogP contribution in [0, 0.1) is 0 Å². The summed E-state index contributed by atoms with van der Waals surface area (Å²) in [5, 5.41) is 11.5. The van der Waals surface area contributed by atoms with Crippen molar-refractivity contribution in [2.75, 3.05) is 6.16 Å². The first kappa shape index (κ1) is 22.7. The molecule has 0 saturated heterocycles. The number of carboxylic acid groups (broad SMARTS) is 1. The molecular formula is C21H22N5O6P. The lowest BCUT2D eigenvalue weighted by Gasteiger charge is -2.16. The van der Waals surface area contributed by atoms with E-state index in [1.807, 2.05) is 31.2 Å². The van der Waals surface area contributed by atoms with E-state index in [4.69, 9.17) is 9.79 Å². The van der Waals surface area contributed by atoms with Crippen LogP contribution in [0.3, 0.4) is 0 Å². The third-order valence-corrected chi connectivity index (χ3v) is 6.24. The Morgan fingerprint density at radius 1 is 1.12 bits per heavy atom. The van der Waals surface area contributed by atoms with Crippen LogP contribution >= 0.6 is 7.60 Å². The van der Waals surface area contributed by atoms with Crippen molar-refractivity contribution >= 4 is 41.5 Å². The Hall–Kier alpha value is -3.53. The first-order valence-corrected chi connectivity index (χ1v) is 11.8. The van der Waals surface area contributed by atoms with E-state index in [0.29, 0.717) is 22.7 Å². The normalized spacial score (nSPS) is 13.8. The molecular weight excluding hydrogens is 449 g/mol. The molecule has 1 amide bonds. The predicted octanol–water partition coefficient (Wildman–Crippen LogP) is 1.96. The molecule has 12 heteroatoms. The number of nitrogens with one attached hydrogen (secondary N) is 2. The van der Waals surface area contributed by atoms with Gasteiger partial charge in [0.1, 0.15) is 17.7 Å². The summed E-state index contributed by atoms with van der Waals surface area (Å²) in [6.07, 6.45) is -1.01. The molecule has 0 spiro atoms. The number of rotatable bonds is 7. The minimum Gasteiger partial charge on any atom is -0.480 e. The molecule has 0 aliphatic rings. The Labute approximate surface area is 187 Å². The number of aromatic amines is 1. The summed E-state index contributed by atoms with van der Waals surface area (Å²) in [5.74, 6) is -1.22. The van der Waals surface area contributed by atoms with E-state index in [1.165, 1.54) is 6.07 Å². The number of imidazole rings is 2. The number of fused-ring (bicyclic) bond motifs is 2. The summed E-state index contributed by atoms with van der Waals surface area (Å²) < 4.78 is 13.0. The van der Waals surface area contributed by atoms with Crippen molar-refractivity contribution in [2.24, 2.45) is 7.05 Å². The van der Waals surface area contributed by atoms with E-state index < -0.39 is 31.7 Å². The van der Waals surface area contributed by atoms with Crippen molar-refractivity contribution in [2.45, 2.75) is 18.9 Å². The molecule has 2 aromatic carbocycles. The van der Waals surface area contributed by atoms with Crippen LogP contribution in [-0.4, -0.2) is 58.5 Å². The van der Waals surface area contributed by atoms with E-state index in [2.05, 4.69) is 20.3 Å². The van der Waals surface area contributed by atoms with Gasteiger partial charge < -0.3 is 29.8 Å². The quantitative estimate of drug-likeness (QED) is 0.255. The summed E-state index contributed by atoms with van der Waals surface area (Å²) in [6, 6.07) is 10.7. The summed E-state index contributed by atoms with van der Waals surface area (Å²) in [7, 11) is -2.92. The number of amides is 1. The average molecular weight is 471 g/mol. The highest BCUT2D eigenvalue weighted by Crippen LogP contribution is 2.35. The standard InChI is InChI=1S/C21H22N5O6P/c1-11(18-22-13-7-3-4-8-14(13)23-18)19-24-15-9-5-6-12(17(15)26(19)2)20(27)25-16(21(28)29)10-33(30,31)32/h3-9,11,16H,10H2,1-2H3,(H,22,23)(H,25,27)(H,28,29)(H2,30,31,32). The van der Waals surface area contributed by atoms with E-state index in [1.54, 1.807) is 23.7 Å². The largest absolute Gasteiger partial charge is 0.480 e. The number of hydrogen-bond donors (Lipinski definition) is 5. The molecule has 4 rings (SSSR count). The number of aryl methyl sites for hydroxylation is 1. The first-order chi connectivity index (χ1) is 15.5. The zero-order valence-electron chi connectivity index (χ0n) is 17.8. The van der Waals surface area contributed by atoms with Crippen molar-refractivity contribution in [1.82, 2.24) is 24.8 Å². The molecule has 0 saturated carbocycles. The van der Waals surface area contributed by atoms with Crippen molar-refractivity contribution < 1.29 is 29.0 Å². The zero-order chi connectivity index (χ0) is 23.9. The maximum absolute atomic E-state index is 12.9. The maximum atomic E-state index is 12.9. The van der Waals surface area contributed by atoms with Crippen molar-refractivity contribution in [1.29, 1.82) is 0 Å². The van der Waals surface area contributed by atoms with Crippen LogP contribution in [0.4, 0.5) is 0 Å². The van der Waals surface area contributed by atoms with E-state index in [0.717, 1.165) is 11.0 Å². The van der Waals surface area contributed by atoms with Crippen molar-refractivity contribution in [3.63, 3.8) is 0 Å². The molecule has 2 atom stereocenters. The fourth-order valence-electron chi connectivity index (χ4n) is 3.82. The van der Waals surface area contributed by atoms with Crippen LogP contribution < -0.4 is 5.32 Å². The molecule has 11 nitrogen and oxygen atoms in total. The number of carbonyl (C=O) groups excluding carboxylic acids is 1. The highest BCUT2D eigenvalue weighted by Gasteiger charge is 2.30. The lowest BCUT2D eigenvalue weighted by atomic mass is 10.1. The molecule has 0 aliphatic carbocycles. The molecule has 4 aromatic rings. The smallest absolute Gasteiger partial charge is 0.328 e. The Morgan fingerprint density at radius 3 is 2.48 bits per heavy atom. The topological polar surface area (TPSA) is 170 Å². The number of para-hydroxylation sites is 3. The van der Waals surface area contributed by atoms with Crippen LogP contribution in [0.15, 0.2) is 42.5 Å². The minimum atomic E-state index is -4.66. The molecule has 2 aromatic heterocycles. The van der Waals surface area contributed by atoms with Gasteiger partial charge in [-0.2, -0.15) is 0 Å². The molecule has 5 N–H and O–H groups in total. The van der Waals surface area contributed by atoms with Gasteiger partial charge in [0.25, 0.3) is 5.91 Å². The first-order valence-electron chi connectivity index (χ1n) is 10.0. The Balaban J connectivity index is 1.70. The molecule has 0 fully saturated rings. The van der Waals surface area contributed by atoms with E-state index >= 15 is 0 Å². The number of aliphatic carboxylic acids is 1. The third kappa shape index (κ3) is 4.51. The number of benzene rings is 2. The molecule has 33 heavy (non-hydrogen) atoms. The SMILES string of the molecule is CC(c1nc2ccccc2[nH]1)c1nc2cccc(C(=O)NC(CP(=O)(O)O)C(=O)O)c2n1C. The Morgan fingerprint density at radius 2 is 1.82 bits per heavy atom. The van der Waals surface area contributed by atoms with Gasteiger partial charge in [-0.1, -0.05) is 18.2 Å². The van der Waals surface area contributed by atoms with Gasteiger partial charge in [-0.15, -0.1) is 0 Å². The third-order valence-electron chi connectivity index (χ3n) is 5.40. The van der Waals surface area contributed by atoms with E-state index in [-0.39, 0.29) is 11.5 Å². The van der Waals surface area contributed by atoms with E-state index in [9.17, 15) is 19.3 Å². The Kier molecular flexibility index (Phi) is 5.79. The maximum Gasteiger partial charge on any atom is 0.328 e. The number of carbonyl (C=O) groups is 2. The van der Waals surface area contributed by atoms with Crippen LogP contribution in [0.2, 0.25) is 0 Å². The summed E-state index contributed by atoms with van der Waals surface area (Å²) >= 11 is 0. The second-order valence-electron chi connectivity index (χ2n) is 7.77. The van der Waals surface area contributed by atoms with Gasteiger partial charge in [0.2, 0.25) is 0 Å². The lowest BCUT2D eigenvalue weighted by molar-refractivity contribution is -0.138. The number of nitrogens with zero attached hydrogens (tertiary/aromatic N) is 3. The summed E-state index contributed by atoms with van der Waals surface area (Å²) in [5.41, 5.74) is 2.84. The molecule has 172 valence electrons. The van der Waals surface area contributed by atoms with Crippen LogP contribution in [0.25, 0.3) is 22.1 Å². The molecule has 2 unspecified atom stereocenters. The van der Waals surface area contributed by atoms with Crippen molar-refractivity contribution in [3.8, 4) is 0 Å². The number of aromatic nitrogens is 4. The van der Waals surface area contributed by atoms with Gasteiger partial charge in [0.05, 0.1) is 39.7 Å². The molecule has 0 bridgehead atoms. The molecule has 0 aliphatic heterocycles. The summed E-state index contributed by atoms with van der Waals surface area (Å²) in [6.45, 7) is 1.93. The van der Waals surface area contributed by atoms with Gasteiger partial charge in [-0.05, 0) is 31.2 Å². The zero-order valence-corrected chi connectivity index (χ0v) is 18.7. The Bertz CT molecular complexity index is 1390. The number of H-pyrrole nitrogens is 1. The van der Waals surface area contributed by atoms with Crippen LogP contribution in [0.5, 0.6) is 0 Å². The predicted molar refractivity (Wildman–Crippen MR) is 120 cm³/mol. The van der Waals surface area contributed by atoms with Gasteiger partial charge in [0, 0.05) is 7.05 Å². The highest BCUT2D eigenvalue weighted by atomic mass is 31.2. The van der Waals surface area contributed by atoms with Crippen LogP contribution in [0.1, 0.15) is 34.8 Å². The van der Waals surface area contributed by atoms with Crippen LogP contribution in [-0.2, 0) is 16.4 Å². The fourth-order valence-corrected chi connectivity index (χ4v) is 4.54. The average Bonchev–Trinajstić information content (AvgIpc) is 3.33. The molecule has 0 radical (unpaired) electrons. The van der Waals surface area contributed by atoms with Gasteiger partial charge in [-0.3, -0.25) is 9.36 Å². The van der Waals surface area contributed by atoms with Gasteiger partial charge >= 0.3 is 13.6 Å². The van der Waals surface area contributed by atoms with Gasteiger partial charge in [-0.25, -0.2) is 14.8 Å². The fraction of sp³-hybridized carbons (Fsp3) is 0.238. The number of hydrogen-bond acceptors (Lipinski definition) is 5. The second kappa shape index (κ2) is 8.43. The van der Waals surface area contributed by atoms with Crippen molar-refractivity contribution in [3.05, 3.63) is 59.7 Å². The lowest BCUT2D eigenvalue weighted by Crippen LogP contribution is -2.43. The minimum absolute atomic E-state index is 0.141. The monoisotopic (exact) mass is 471 g/mol. The molecule has 2 heterocycles. The number of carboxylic acids is 1. The second-order valence-corrected chi connectivity index (χ2v) is 9.47. The summed E-state index contributed by atoms with van der Waals surface area (Å²) in [4.78, 5) is 55.1.